The van der Waals surface area contributed by atoms with Gasteiger partial charge >= 0.3 is 5.97 Å². The van der Waals surface area contributed by atoms with Crippen molar-refractivity contribution in [2.45, 2.75) is 13.0 Å². The lowest BCUT2D eigenvalue weighted by atomic mass is 9.97. The topological polar surface area (TPSA) is 65.0 Å². The van der Waals surface area contributed by atoms with Gasteiger partial charge in [0.05, 0.1) is 33.4 Å². The molecule has 18 heavy (non-hydrogen) atoms. The number of methoxy groups -OCH3 is 3. The highest BCUT2D eigenvalue weighted by Gasteiger charge is 2.25. The third-order valence-electron chi connectivity index (χ3n) is 2.80. The van der Waals surface area contributed by atoms with E-state index in [0.717, 1.165) is 0 Å². The van der Waals surface area contributed by atoms with Crippen LogP contribution < -0.4 is 9.47 Å². The van der Waals surface area contributed by atoms with Gasteiger partial charge in [0.15, 0.2) is 11.5 Å². The van der Waals surface area contributed by atoms with Gasteiger partial charge in [0.1, 0.15) is 0 Å². The van der Waals surface area contributed by atoms with E-state index in [-0.39, 0.29) is 0 Å². The van der Waals surface area contributed by atoms with Crippen molar-refractivity contribution in [1.82, 2.24) is 0 Å². The average Bonchev–Trinajstić information content (AvgIpc) is 2.43. The Morgan fingerprint density at radius 1 is 1.17 bits per heavy atom. The van der Waals surface area contributed by atoms with Crippen LogP contribution >= 0.6 is 0 Å². The average molecular weight is 254 g/mol. The Morgan fingerprint density at radius 2 is 1.78 bits per heavy atom. The first-order valence-electron chi connectivity index (χ1n) is 5.53. The number of carbonyl (C=O) groups excluding carboxylic acids is 1. The van der Waals surface area contributed by atoms with Crippen molar-refractivity contribution in [2.75, 3.05) is 21.3 Å². The van der Waals surface area contributed by atoms with Gasteiger partial charge in [-0.1, -0.05) is 6.07 Å². The van der Waals surface area contributed by atoms with Gasteiger partial charge in [-0.15, -0.1) is 0 Å². The summed E-state index contributed by atoms with van der Waals surface area (Å²) < 4.78 is 14.8. The number of aliphatic hydroxyl groups is 1. The smallest absolute Gasteiger partial charge is 0.311 e. The molecule has 0 saturated heterocycles. The second kappa shape index (κ2) is 6.26. The summed E-state index contributed by atoms with van der Waals surface area (Å²) in [6.07, 6.45) is -0.947. The summed E-state index contributed by atoms with van der Waals surface area (Å²) in [4.78, 5) is 11.4. The first-order chi connectivity index (χ1) is 8.54. The van der Waals surface area contributed by atoms with Crippen LogP contribution in [0.15, 0.2) is 18.2 Å². The lowest BCUT2D eigenvalue weighted by molar-refractivity contribution is -0.148. The maximum atomic E-state index is 11.4. The minimum absolute atomic E-state index is 0.461. The van der Waals surface area contributed by atoms with E-state index in [1.165, 1.54) is 21.3 Å². The van der Waals surface area contributed by atoms with E-state index in [4.69, 9.17) is 9.47 Å². The zero-order valence-corrected chi connectivity index (χ0v) is 11.0. The fraction of sp³-hybridized carbons (Fsp3) is 0.462. The van der Waals surface area contributed by atoms with Crippen molar-refractivity contribution in [3.63, 3.8) is 0 Å². The highest BCUT2D eigenvalue weighted by Crippen LogP contribution is 2.32. The van der Waals surface area contributed by atoms with Crippen LogP contribution in [0.5, 0.6) is 11.5 Å². The van der Waals surface area contributed by atoms with Gasteiger partial charge in [-0.2, -0.15) is 0 Å². The molecule has 0 bridgehead atoms. The normalized spacial score (nSPS) is 13.6. The van der Waals surface area contributed by atoms with E-state index in [1.54, 1.807) is 25.1 Å². The van der Waals surface area contributed by atoms with Gasteiger partial charge in [-0.3, -0.25) is 4.79 Å². The first-order valence-corrected chi connectivity index (χ1v) is 5.53. The van der Waals surface area contributed by atoms with E-state index in [0.29, 0.717) is 17.1 Å². The predicted molar refractivity (Wildman–Crippen MR) is 65.7 cm³/mol. The highest BCUT2D eigenvalue weighted by molar-refractivity contribution is 5.72. The molecule has 0 amide bonds. The van der Waals surface area contributed by atoms with Crippen LogP contribution in [0.4, 0.5) is 0 Å². The molecule has 5 heteroatoms. The van der Waals surface area contributed by atoms with Crippen molar-refractivity contribution >= 4 is 5.97 Å². The van der Waals surface area contributed by atoms with Crippen molar-refractivity contribution in [3.05, 3.63) is 23.8 Å². The van der Waals surface area contributed by atoms with Crippen LogP contribution in [0.25, 0.3) is 0 Å². The largest absolute Gasteiger partial charge is 0.493 e. The lowest BCUT2D eigenvalue weighted by Crippen LogP contribution is -2.20. The summed E-state index contributed by atoms with van der Waals surface area (Å²) in [5.41, 5.74) is 0.575. The van der Waals surface area contributed by atoms with Crippen LogP contribution in [0.3, 0.4) is 0 Å². The van der Waals surface area contributed by atoms with Gasteiger partial charge < -0.3 is 19.3 Å². The first kappa shape index (κ1) is 14.3. The number of ether oxygens (including phenoxy) is 3. The minimum atomic E-state index is -0.947. The van der Waals surface area contributed by atoms with Gasteiger partial charge in [-0.05, 0) is 24.6 Å². The molecular formula is C13H18O5. The Balaban J connectivity index is 2.99. The number of esters is 1. The Kier molecular flexibility index (Phi) is 4.97. The molecule has 0 spiro atoms. The van der Waals surface area contributed by atoms with Gasteiger partial charge in [0.2, 0.25) is 0 Å². The molecule has 1 aromatic rings. The van der Waals surface area contributed by atoms with E-state index < -0.39 is 18.0 Å². The number of rotatable bonds is 5. The summed E-state index contributed by atoms with van der Waals surface area (Å²) in [6, 6.07) is 5.01. The van der Waals surface area contributed by atoms with E-state index in [2.05, 4.69) is 4.74 Å². The Labute approximate surface area is 106 Å². The molecular weight excluding hydrogens is 236 g/mol. The third kappa shape index (κ3) is 2.92. The summed E-state index contributed by atoms with van der Waals surface area (Å²) in [7, 11) is 4.34. The van der Waals surface area contributed by atoms with Crippen molar-refractivity contribution in [1.29, 1.82) is 0 Å². The molecule has 0 unspecified atom stereocenters. The Hall–Kier alpha value is -1.75. The molecule has 2 atom stereocenters. The fourth-order valence-corrected chi connectivity index (χ4v) is 1.64. The van der Waals surface area contributed by atoms with Crippen molar-refractivity contribution in [3.8, 4) is 11.5 Å². The molecule has 0 heterocycles. The molecule has 0 aromatic heterocycles. The lowest BCUT2D eigenvalue weighted by Gasteiger charge is -2.18. The molecule has 100 valence electrons. The molecule has 0 radical (unpaired) electrons. The maximum Gasteiger partial charge on any atom is 0.311 e. The molecule has 1 N–H and O–H groups in total. The summed E-state index contributed by atoms with van der Waals surface area (Å²) in [5, 5.41) is 10.1. The number of hydrogen-bond donors (Lipinski definition) is 1. The number of hydrogen-bond acceptors (Lipinski definition) is 5. The third-order valence-corrected chi connectivity index (χ3v) is 2.80. The molecule has 0 saturated carbocycles. The Bertz CT molecular complexity index is 416. The molecule has 0 fully saturated rings. The molecule has 0 aliphatic carbocycles. The van der Waals surface area contributed by atoms with Gasteiger partial charge in [-0.25, -0.2) is 0 Å². The zero-order valence-electron chi connectivity index (χ0n) is 11.0. The fourth-order valence-electron chi connectivity index (χ4n) is 1.64. The quantitative estimate of drug-likeness (QED) is 0.807. The number of benzene rings is 1. The van der Waals surface area contributed by atoms with Crippen LogP contribution in [-0.4, -0.2) is 32.4 Å². The number of aliphatic hydroxyl groups excluding tert-OH is 1. The minimum Gasteiger partial charge on any atom is -0.493 e. The molecule has 1 aromatic carbocycles. The predicted octanol–water partition coefficient (Wildman–Crippen LogP) is 1.55. The monoisotopic (exact) mass is 254 g/mol. The zero-order chi connectivity index (χ0) is 13.7. The van der Waals surface area contributed by atoms with Crippen molar-refractivity contribution < 1.29 is 24.1 Å². The van der Waals surface area contributed by atoms with Crippen LogP contribution in [0, 0.1) is 5.92 Å². The van der Waals surface area contributed by atoms with E-state index in [1.807, 2.05) is 0 Å². The van der Waals surface area contributed by atoms with Crippen LogP contribution in [0.1, 0.15) is 18.6 Å². The van der Waals surface area contributed by atoms with Crippen LogP contribution in [0.2, 0.25) is 0 Å². The van der Waals surface area contributed by atoms with E-state index >= 15 is 0 Å². The van der Waals surface area contributed by atoms with Gasteiger partial charge in [0.25, 0.3) is 0 Å². The summed E-state index contributed by atoms with van der Waals surface area (Å²) >= 11 is 0. The Morgan fingerprint density at radius 3 is 2.28 bits per heavy atom. The SMILES string of the molecule is COC(=O)[C@@H](C)[C@@H](O)c1ccc(OC)c(OC)c1. The van der Waals surface area contributed by atoms with Crippen LogP contribution in [-0.2, 0) is 9.53 Å². The molecule has 5 nitrogen and oxygen atoms in total. The highest BCUT2D eigenvalue weighted by atomic mass is 16.5. The molecule has 0 aliphatic rings. The molecule has 1 rings (SSSR count). The molecule has 0 aliphatic heterocycles. The van der Waals surface area contributed by atoms with Gasteiger partial charge in [0, 0.05) is 0 Å². The second-order valence-corrected chi connectivity index (χ2v) is 3.87. The standard InChI is InChI=1S/C13H18O5/c1-8(13(15)18-4)12(14)9-5-6-10(16-2)11(7-9)17-3/h5-8,12,14H,1-4H3/t8-,12+/m0/s1. The number of carbonyl (C=O) groups is 1. The second-order valence-electron chi connectivity index (χ2n) is 3.87. The maximum absolute atomic E-state index is 11.4. The van der Waals surface area contributed by atoms with E-state index in [9.17, 15) is 9.90 Å². The summed E-state index contributed by atoms with van der Waals surface area (Å²) in [6.45, 7) is 1.60. The van der Waals surface area contributed by atoms with Crippen molar-refractivity contribution in [2.24, 2.45) is 5.92 Å². The summed E-state index contributed by atoms with van der Waals surface area (Å²) in [5.74, 6) is -0.0318.